The van der Waals surface area contributed by atoms with Crippen molar-refractivity contribution >= 4 is 0 Å². The second-order valence-electron chi connectivity index (χ2n) is 4.56. The highest BCUT2D eigenvalue weighted by atomic mass is 15.5. The van der Waals surface area contributed by atoms with Crippen LogP contribution >= 0.6 is 0 Å². The largest absolute Gasteiger partial charge is 0.368 e. The molecule has 0 atom stereocenters. The van der Waals surface area contributed by atoms with Gasteiger partial charge in [-0.05, 0) is 25.7 Å². The maximum Gasteiger partial charge on any atom is 0.109 e. The van der Waals surface area contributed by atoms with Crippen LogP contribution in [0.25, 0.3) is 0 Å². The molecule has 14 heavy (non-hydrogen) atoms. The van der Waals surface area contributed by atoms with Crippen molar-refractivity contribution in [2.24, 2.45) is 5.84 Å². The molecular weight excluding hydrogens is 174 g/mol. The van der Waals surface area contributed by atoms with Crippen molar-refractivity contribution in [3.05, 3.63) is 12.4 Å². The number of hydrogen-bond donors (Lipinski definition) is 2. The molecule has 80 valence electrons. The molecular formula is C11H21N3. The van der Waals surface area contributed by atoms with Crippen LogP contribution in [-0.4, -0.2) is 17.1 Å². The molecule has 0 radical (unpaired) electrons. The second kappa shape index (κ2) is 4.22. The highest BCUT2D eigenvalue weighted by molar-refractivity contribution is 4.98. The van der Waals surface area contributed by atoms with Crippen LogP contribution < -0.4 is 11.2 Å². The summed E-state index contributed by atoms with van der Waals surface area (Å²) in [7, 11) is 0. The molecule has 3 heteroatoms. The summed E-state index contributed by atoms with van der Waals surface area (Å²) in [6.07, 6.45) is 9.08. The van der Waals surface area contributed by atoms with Crippen molar-refractivity contribution in [3.8, 4) is 0 Å². The van der Waals surface area contributed by atoms with Gasteiger partial charge >= 0.3 is 0 Å². The average Bonchev–Trinajstić information content (AvgIpc) is 3.01. The van der Waals surface area contributed by atoms with Crippen molar-refractivity contribution in [2.75, 3.05) is 0 Å². The predicted molar refractivity (Wildman–Crippen MR) is 58.2 cm³/mol. The van der Waals surface area contributed by atoms with Crippen molar-refractivity contribution in [1.29, 1.82) is 0 Å². The third-order valence-electron chi connectivity index (χ3n) is 3.23. The summed E-state index contributed by atoms with van der Waals surface area (Å²) >= 11 is 0. The third-order valence-corrected chi connectivity index (χ3v) is 3.23. The minimum Gasteiger partial charge on any atom is -0.368 e. The fourth-order valence-electron chi connectivity index (χ4n) is 2.13. The van der Waals surface area contributed by atoms with E-state index in [0.717, 1.165) is 5.82 Å². The van der Waals surface area contributed by atoms with Gasteiger partial charge in [0.1, 0.15) is 5.82 Å². The summed E-state index contributed by atoms with van der Waals surface area (Å²) in [6, 6.07) is 1.17. The normalized spacial score (nSPS) is 23.2. The van der Waals surface area contributed by atoms with E-state index in [2.05, 4.69) is 11.9 Å². The van der Waals surface area contributed by atoms with Gasteiger partial charge in [0.15, 0.2) is 0 Å². The van der Waals surface area contributed by atoms with Gasteiger partial charge in [-0.15, -0.1) is 0 Å². The van der Waals surface area contributed by atoms with Gasteiger partial charge in [-0.3, -0.25) is 5.01 Å². The zero-order valence-corrected chi connectivity index (χ0v) is 8.84. The Labute approximate surface area is 86.3 Å². The van der Waals surface area contributed by atoms with Crippen LogP contribution in [0, 0.1) is 0 Å². The molecule has 0 spiro atoms. The van der Waals surface area contributed by atoms with Crippen LogP contribution in [0.1, 0.15) is 44.9 Å². The first-order valence-electron chi connectivity index (χ1n) is 5.77. The van der Waals surface area contributed by atoms with Crippen LogP contribution in [0.15, 0.2) is 12.4 Å². The number of rotatable bonds is 4. The van der Waals surface area contributed by atoms with E-state index < -0.39 is 0 Å². The van der Waals surface area contributed by atoms with Crippen LogP contribution in [0.4, 0.5) is 0 Å². The van der Waals surface area contributed by atoms with Crippen molar-refractivity contribution in [3.63, 3.8) is 0 Å². The zero-order valence-electron chi connectivity index (χ0n) is 8.84. The predicted octanol–water partition coefficient (Wildman–Crippen LogP) is 1.72. The molecule has 0 heterocycles. The molecule has 0 saturated heterocycles. The first kappa shape index (κ1) is 9.84. The van der Waals surface area contributed by atoms with Gasteiger partial charge in [0, 0.05) is 12.1 Å². The molecule has 2 fully saturated rings. The summed E-state index contributed by atoms with van der Waals surface area (Å²) in [4.78, 5) is 0. The van der Waals surface area contributed by atoms with Gasteiger partial charge in [0.05, 0.1) is 0 Å². The van der Waals surface area contributed by atoms with E-state index in [9.17, 15) is 0 Å². The van der Waals surface area contributed by atoms with E-state index in [1.807, 2.05) is 5.01 Å². The van der Waals surface area contributed by atoms with Gasteiger partial charge < -0.3 is 5.32 Å². The second-order valence-corrected chi connectivity index (χ2v) is 4.56. The number of nitrogens with zero attached hydrogens (tertiary/aromatic N) is 1. The SMILES string of the molecule is C=C(NC1CCCCC1)N(N)C1CC1. The lowest BCUT2D eigenvalue weighted by Gasteiger charge is -2.29. The summed E-state index contributed by atoms with van der Waals surface area (Å²) in [5.41, 5.74) is 0. The minimum absolute atomic E-state index is 0.554. The summed E-state index contributed by atoms with van der Waals surface area (Å²) in [6.45, 7) is 4.00. The van der Waals surface area contributed by atoms with E-state index >= 15 is 0 Å². The molecule has 2 aliphatic rings. The fraction of sp³-hybridized carbons (Fsp3) is 0.818. The van der Waals surface area contributed by atoms with Gasteiger partial charge in [-0.25, -0.2) is 5.84 Å². The molecule has 0 unspecified atom stereocenters. The molecule has 3 N–H and O–H groups in total. The van der Waals surface area contributed by atoms with Crippen LogP contribution in [0.5, 0.6) is 0 Å². The molecule has 0 aliphatic heterocycles. The Kier molecular flexibility index (Phi) is 2.96. The third kappa shape index (κ3) is 2.41. The van der Waals surface area contributed by atoms with Crippen molar-refractivity contribution < 1.29 is 0 Å². The van der Waals surface area contributed by atoms with Crippen LogP contribution in [-0.2, 0) is 0 Å². The molecule has 2 saturated carbocycles. The number of hydrazine groups is 1. The van der Waals surface area contributed by atoms with E-state index in [-0.39, 0.29) is 0 Å². The summed E-state index contributed by atoms with van der Waals surface area (Å²) < 4.78 is 0. The van der Waals surface area contributed by atoms with E-state index in [1.165, 1.54) is 44.9 Å². The molecule has 0 aromatic rings. The molecule has 0 aromatic carbocycles. The molecule has 0 bridgehead atoms. The van der Waals surface area contributed by atoms with Crippen LogP contribution in [0.3, 0.4) is 0 Å². The lowest BCUT2D eigenvalue weighted by Crippen LogP contribution is -2.42. The maximum atomic E-state index is 5.91. The Hall–Kier alpha value is -0.700. The van der Waals surface area contributed by atoms with Crippen molar-refractivity contribution in [2.45, 2.75) is 57.0 Å². The first-order valence-corrected chi connectivity index (χ1v) is 5.77. The molecule has 0 amide bonds. The summed E-state index contributed by atoms with van der Waals surface area (Å²) in [5, 5.41) is 5.26. The molecule has 3 nitrogen and oxygen atoms in total. The standard InChI is InChI=1S/C11H21N3/c1-9(14(12)11-7-8-11)13-10-5-3-2-4-6-10/h10-11,13H,1-8,12H2. The fourth-order valence-corrected chi connectivity index (χ4v) is 2.13. The smallest absolute Gasteiger partial charge is 0.109 e. The molecule has 0 aromatic heterocycles. The Balaban J connectivity index is 1.74. The Morgan fingerprint density at radius 2 is 1.79 bits per heavy atom. The number of hydrogen-bond acceptors (Lipinski definition) is 3. The molecule has 2 aliphatic carbocycles. The maximum absolute atomic E-state index is 5.91. The lowest BCUT2D eigenvalue weighted by molar-refractivity contribution is 0.289. The van der Waals surface area contributed by atoms with Crippen LogP contribution in [0.2, 0.25) is 0 Å². The Bertz CT molecular complexity index is 205. The zero-order chi connectivity index (χ0) is 9.97. The number of nitrogens with two attached hydrogens (primary N) is 1. The highest BCUT2D eigenvalue weighted by Gasteiger charge is 2.28. The quantitative estimate of drug-likeness (QED) is 0.530. The Morgan fingerprint density at radius 3 is 2.36 bits per heavy atom. The average molecular weight is 195 g/mol. The molecule has 2 rings (SSSR count). The van der Waals surface area contributed by atoms with Gasteiger partial charge in [0.2, 0.25) is 0 Å². The van der Waals surface area contributed by atoms with Crippen molar-refractivity contribution in [1.82, 2.24) is 10.3 Å². The Morgan fingerprint density at radius 1 is 1.14 bits per heavy atom. The first-order chi connectivity index (χ1) is 6.77. The highest BCUT2D eigenvalue weighted by Crippen LogP contribution is 2.26. The monoisotopic (exact) mass is 195 g/mol. The van der Waals surface area contributed by atoms with E-state index in [4.69, 9.17) is 5.84 Å². The van der Waals surface area contributed by atoms with Gasteiger partial charge in [-0.1, -0.05) is 25.8 Å². The van der Waals surface area contributed by atoms with Gasteiger partial charge in [-0.2, -0.15) is 0 Å². The van der Waals surface area contributed by atoms with Gasteiger partial charge in [0.25, 0.3) is 0 Å². The minimum atomic E-state index is 0.554. The topological polar surface area (TPSA) is 41.3 Å². The lowest BCUT2D eigenvalue weighted by atomic mass is 9.95. The summed E-state index contributed by atoms with van der Waals surface area (Å²) in [5.74, 6) is 6.83. The van der Waals surface area contributed by atoms with E-state index in [1.54, 1.807) is 0 Å². The number of nitrogens with one attached hydrogen (secondary N) is 1. The van der Waals surface area contributed by atoms with E-state index in [0.29, 0.717) is 12.1 Å².